The van der Waals surface area contributed by atoms with Crippen LogP contribution >= 0.6 is 0 Å². The Balaban J connectivity index is 2.89. The molecule has 1 rings (SSSR count). The van der Waals surface area contributed by atoms with Crippen LogP contribution in [-0.2, 0) is 0 Å². The molecule has 0 N–H and O–H groups in total. The summed E-state index contributed by atoms with van der Waals surface area (Å²) in [5, 5.41) is 0. The van der Waals surface area contributed by atoms with Crippen molar-refractivity contribution in [3.63, 3.8) is 0 Å². The maximum Gasteiger partial charge on any atom is 0.123 e. The first-order valence-corrected chi connectivity index (χ1v) is 4.53. The number of hydrogen-bond donors (Lipinski definition) is 0. The van der Waals surface area contributed by atoms with E-state index < -0.39 is 0 Å². The summed E-state index contributed by atoms with van der Waals surface area (Å²) in [6.07, 6.45) is 2.09. The third kappa shape index (κ3) is 2.41. The van der Waals surface area contributed by atoms with Crippen LogP contribution in [0.25, 0.3) is 0 Å². The minimum Gasteiger partial charge on any atom is -0.207 e. The predicted octanol–water partition coefficient (Wildman–Crippen LogP) is 3.90. The highest BCUT2D eigenvalue weighted by molar-refractivity contribution is 5.27. The predicted molar refractivity (Wildman–Crippen MR) is 54.2 cm³/mol. The van der Waals surface area contributed by atoms with Gasteiger partial charge in [0.15, 0.2) is 0 Å². The van der Waals surface area contributed by atoms with Crippen molar-refractivity contribution < 1.29 is 4.39 Å². The summed E-state index contributed by atoms with van der Waals surface area (Å²) >= 11 is 0. The quantitative estimate of drug-likeness (QED) is 0.602. The topological polar surface area (TPSA) is 0 Å². The minimum atomic E-state index is -0.172. The van der Waals surface area contributed by atoms with Gasteiger partial charge in [-0.15, -0.1) is 0 Å². The molecular formula is C12H15F. The molecule has 0 aliphatic carbocycles. The smallest absolute Gasteiger partial charge is 0.123 e. The Morgan fingerprint density at radius 3 is 2.31 bits per heavy atom. The van der Waals surface area contributed by atoms with Crippen LogP contribution in [0.3, 0.4) is 0 Å². The molecule has 13 heavy (non-hydrogen) atoms. The molecule has 0 bridgehead atoms. The number of hydrogen-bond acceptors (Lipinski definition) is 0. The lowest BCUT2D eigenvalue weighted by Gasteiger charge is -2.11. The first-order valence-electron chi connectivity index (χ1n) is 4.53. The number of allylic oxidation sites excluding steroid dienone is 2. The van der Waals surface area contributed by atoms with Gasteiger partial charge in [0.05, 0.1) is 0 Å². The summed E-state index contributed by atoms with van der Waals surface area (Å²) < 4.78 is 12.6. The molecule has 0 fully saturated rings. The van der Waals surface area contributed by atoms with Gasteiger partial charge in [-0.2, -0.15) is 0 Å². The standard InChI is InChI=1S/C12H15F/c1-4-9(2)10(3)11-5-7-12(13)8-6-11/h4-8,10H,1-3H3/b9-4-. The van der Waals surface area contributed by atoms with Crippen LogP contribution in [0.5, 0.6) is 0 Å². The lowest BCUT2D eigenvalue weighted by molar-refractivity contribution is 0.626. The second-order valence-corrected chi connectivity index (χ2v) is 3.31. The highest BCUT2D eigenvalue weighted by Gasteiger charge is 2.05. The summed E-state index contributed by atoms with van der Waals surface area (Å²) in [5.74, 6) is 0.208. The second kappa shape index (κ2) is 4.22. The van der Waals surface area contributed by atoms with Crippen molar-refractivity contribution in [1.29, 1.82) is 0 Å². The molecule has 1 heteroatoms. The highest BCUT2D eigenvalue weighted by atomic mass is 19.1. The summed E-state index contributed by atoms with van der Waals surface area (Å²) in [5.41, 5.74) is 2.48. The van der Waals surface area contributed by atoms with Crippen molar-refractivity contribution in [2.24, 2.45) is 0 Å². The van der Waals surface area contributed by atoms with Gasteiger partial charge in [-0.3, -0.25) is 0 Å². The summed E-state index contributed by atoms with van der Waals surface area (Å²) in [6.45, 7) is 6.24. The van der Waals surface area contributed by atoms with Crippen LogP contribution < -0.4 is 0 Å². The van der Waals surface area contributed by atoms with Gasteiger partial charge in [-0.1, -0.05) is 30.7 Å². The molecular weight excluding hydrogens is 163 g/mol. The molecule has 1 atom stereocenters. The lowest BCUT2D eigenvalue weighted by Crippen LogP contribution is -1.94. The Bertz CT molecular complexity index is 295. The van der Waals surface area contributed by atoms with E-state index in [1.807, 2.05) is 19.1 Å². The third-order valence-electron chi connectivity index (χ3n) is 2.51. The van der Waals surface area contributed by atoms with Crippen molar-refractivity contribution in [1.82, 2.24) is 0 Å². The normalized spacial score (nSPS) is 14.3. The molecule has 1 unspecified atom stereocenters. The third-order valence-corrected chi connectivity index (χ3v) is 2.51. The van der Waals surface area contributed by atoms with Gasteiger partial charge in [0.25, 0.3) is 0 Å². The van der Waals surface area contributed by atoms with Crippen LogP contribution in [0.15, 0.2) is 35.9 Å². The Hall–Kier alpha value is -1.11. The zero-order valence-corrected chi connectivity index (χ0v) is 8.34. The molecule has 0 saturated carbocycles. The van der Waals surface area contributed by atoms with E-state index in [1.54, 1.807) is 0 Å². The fourth-order valence-electron chi connectivity index (χ4n) is 1.26. The van der Waals surface area contributed by atoms with Crippen molar-refractivity contribution in [3.8, 4) is 0 Å². The molecule has 0 aliphatic heterocycles. The SMILES string of the molecule is C/C=C(/C)C(C)c1ccc(F)cc1. The first-order chi connectivity index (χ1) is 6.15. The molecule has 1 aromatic carbocycles. The number of rotatable bonds is 2. The van der Waals surface area contributed by atoms with E-state index >= 15 is 0 Å². The van der Waals surface area contributed by atoms with Crippen LogP contribution in [0, 0.1) is 5.82 Å². The number of halogens is 1. The highest BCUT2D eigenvalue weighted by Crippen LogP contribution is 2.22. The molecule has 0 aliphatic rings. The van der Waals surface area contributed by atoms with Gasteiger partial charge in [0.1, 0.15) is 5.82 Å². The number of benzene rings is 1. The van der Waals surface area contributed by atoms with Gasteiger partial charge in [0, 0.05) is 5.92 Å². The van der Waals surface area contributed by atoms with Gasteiger partial charge < -0.3 is 0 Å². The summed E-state index contributed by atoms with van der Waals surface area (Å²) in [6, 6.07) is 6.70. The van der Waals surface area contributed by atoms with Crippen molar-refractivity contribution >= 4 is 0 Å². The van der Waals surface area contributed by atoms with Gasteiger partial charge in [-0.05, 0) is 31.5 Å². The monoisotopic (exact) mass is 178 g/mol. The zero-order valence-electron chi connectivity index (χ0n) is 8.34. The fraction of sp³-hybridized carbons (Fsp3) is 0.333. The molecule has 70 valence electrons. The first kappa shape index (κ1) is 9.97. The lowest BCUT2D eigenvalue weighted by atomic mass is 9.94. The van der Waals surface area contributed by atoms with Crippen molar-refractivity contribution in [2.75, 3.05) is 0 Å². The van der Waals surface area contributed by atoms with E-state index in [2.05, 4.69) is 19.9 Å². The molecule has 0 aromatic heterocycles. The average molecular weight is 178 g/mol. The second-order valence-electron chi connectivity index (χ2n) is 3.31. The van der Waals surface area contributed by atoms with E-state index in [0.29, 0.717) is 5.92 Å². The van der Waals surface area contributed by atoms with Gasteiger partial charge in [-0.25, -0.2) is 4.39 Å². The van der Waals surface area contributed by atoms with Gasteiger partial charge in [0.2, 0.25) is 0 Å². The minimum absolute atomic E-state index is 0.172. The van der Waals surface area contributed by atoms with E-state index in [4.69, 9.17) is 0 Å². The van der Waals surface area contributed by atoms with Crippen LogP contribution in [-0.4, -0.2) is 0 Å². The Morgan fingerprint density at radius 1 is 1.31 bits per heavy atom. The van der Waals surface area contributed by atoms with E-state index in [0.717, 1.165) is 5.56 Å². The zero-order chi connectivity index (χ0) is 9.84. The maximum atomic E-state index is 12.6. The van der Waals surface area contributed by atoms with Crippen molar-refractivity contribution in [2.45, 2.75) is 26.7 Å². The maximum absolute atomic E-state index is 12.6. The Morgan fingerprint density at radius 2 is 1.85 bits per heavy atom. The van der Waals surface area contributed by atoms with Gasteiger partial charge >= 0.3 is 0 Å². The molecule has 0 saturated heterocycles. The molecule has 0 heterocycles. The fourth-order valence-corrected chi connectivity index (χ4v) is 1.26. The molecule has 0 amide bonds. The largest absolute Gasteiger partial charge is 0.207 e. The Labute approximate surface area is 79.1 Å². The van der Waals surface area contributed by atoms with Crippen LogP contribution in [0.1, 0.15) is 32.3 Å². The van der Waals surface area contributed by atoms with Crippen molar-refractivity contribution in [3.05, 3.63) is 47.3 Å². The average Bonchev–Trinajstić information content (AvgIpc) is 2.17. The molecule has 0 nitrogen and oxygen atoms in total. The Kier molecular flexibility index (Phi) is 3.24. The summed E-state index contributed by atoms with van der Waals surface area (Å²) in [7, 11) is 0. The summed E-state index contributed by atoms with van der Waals surface area (Å²) in [4.78, 5) is 0. The molecule has 0 radical (unpaired) electrons. The van der Waals surface area contributed by atoms with E-state index in [9.17, 15) is 4.39 Å². The van der Waals surface area contributed by atoms with E-state index in [-0.39, 0.29) is 5.82 Å². The molecule has 0 spiro atoms. The van der Waals surface area contributed by atoms with Crippen LogP contribution in [0.2, 0.25) is 0 Å². The van der Waals surface area contributed by atoms with E-state index in [1.165, 1.54) is 17.7 Å². The molecule has 1 aromatic rings. The van der Waals surface area contributed by atoms with Crippen LogP contribution in [0.4, 0.5) is 4.39 Å².